The third kappa shape index (κ3) is 5.99. The van der Waals surface area contributed by atoms with Gasteiger partial charge in [-0.2, -0.15) is 0 Å². The van der Waals surface area contributed by atoms with E-state index in [1.54, 1.807) is 0 Å². The van der Waals surface area contributed by atoms with Crippen molar-refractivity contribution in [2.24, 2.45) is 0 Å². The maximum absolute atomic E-state index is 5.60. The van der Waals surface area contributed by atoms with Crippen molar-refractivity contribution in [3.05, 3.63) is 23.8 Å². The Kier molecular flexibility index (Phi) is 8.33. The Balaban J connectivity index is 2.55. The van der Waals surface area contributed by atoms with E-state index in [4.69, 9.17) is 15.9 Å². The average Bonchev–Trinajstić information content (AvgIpc) is 2.46. The quantitative estimate of drug-likeness (QED) is 0.524. The lowest BCUT2D eigenvalue weighted by atomic mass is 10.2. The lowest BCUT2D eigenvalue weighted by Gasteiger charge is -2.12. The number of ether oxygens (including phenoxy) is 2. The van der Waals surface area contributed by atoms with Gasteiger partial charge in [0.05, 0.1) is 6.61 Å². The summed E-state index contributed by atoms with van der Waals surface area (Å²) in [6, 6.07) is 5.98. The molecule has 0 saturated heterocycles. The van der Waals surface area contributed by atoms with E-state index in [1.807, 2.05) is 25.1 Å². The largest absolute Gasteiger partial charge is 0.490 e. The maximum Gasteiger partial charge on any atom is 0.162 e. The van der Waals surface area contributed by atoms with Crippen LogP contribution >= 0.6 is 0 Å². The summed E-state index contributed by atoms with van der Waals surface area (Å²) < 4.78 is 11.1. The summed E-state index contributed by atoms with van der Waals surface area (Å²) >= 11 is 0. The SMILES string of the molecule is C#CCOc1ccc(CNCCCCC)cc1OCC. The van der Waals surface area contributed by atoms with Crippen LogP contribution in [0.25, 0.3) is 0 Å². The summed E-state index contributed by atoms with van der Waals surface area (Å²) in [4.78, 5) is 0. The van der Waals surface area contributed by atoms with Crippen LogP contribution < -0.4 is 14.8 Å². The van der Waals surface area contributed by atoms with E-state index in [0.29, 0.717) is 12.4 Å². The van der Waals surface area contributed by atoms with Gasteiger partial charge in [-0.25, -0.2) is 0 Å². The highest BCUT2D eigenvalue weighted by atomic mass is 16.5. The van der Waals surface area contributed by atoms with Crippen molar-refractivity contribution in [1.29, 1.82) is 0 Å². The molecule has 1 rings (SSSR count). The average molecular weight is 275 g/mol. The number of benzene rings is 1. The minimum Gasteiger partial charge on any atom is -0.490 e. The third-order valence-electron chi connectivity index (χ3n) is 2.91. The zero-order valence-electron chi connectivity index (χ0n) is 12.6. The maximum atomic E-state index is 5.60. The van der Waals surface area contributed by atoms with Crippen LogP contribution in [0, 0.1) is 12.3 Å². The molecule has 3 nitrogen and oxygen atoms in total. The van der Waals surface area contributed by atoms with Gasteiger partial charge >= 0.3 is 0 Å². The summed E-state index contributed by atoms with van der Waals surface area (Å²) in [6.45, 7) is 6.94. The lowest BCUT2D eigenvalue weighted by Crippen LogP contribution is -2.14. The van der Waals surface area contributed by atoms with Crippen LogP contribution in [-0.4, -0.2) is 19.8 Å². The van der Waals surface area contributed by atoms with Crippen molar-refractivity contribution in [2.75, 3.05) is 19.8 Å². The van der Waals surface area contributed by atoms with Crippen molar-refractivity contribution in [3.63, 3.8) is 0 Å². The molecule has 0 saturated carbocycles. The van der Waals surface area contributed by atoms with E-state index < -0.39 is 0 Å². The number of rotatable bonds is 10. The highest BCUT2D eigenvalue weighted by Crippen LogP contribution is 2.28. The van der Waals surface area contributed by atoms with Crippen LogP contribution in [0.2, 0.25) is 0 Å². The number of hydrogen-bond donors (Lipinski definition) is 1. The molecular weight excluding hydrogens is 250 g/mol. The molecule has 1 aromatic carbocycles. The molecule has 0 aliphatic heterocycles. The van der Waals surface area contributed by atoms with Crippen molar-refractivity contribution in [2.45, 2.75) is 39.7 Å². The van der Waals surface area contributed by atoms with Gasteiger partial charge in [-0.05, 0) is 37.6 Å². The Labute approximate surface area is 122 Å². The first-order valence-electron chi connectivity index (χ1n) is 7.34. The first-order valence-corrected chi connectivity index (χ1v) is 7.34. The number of nitrogens with one attached hydrogen (secondary N) is 1. The third-order valence-corrected chi connectivity index (χ3v) is 2.91. The molecule has 0 amide bonds. The van der Waals surface area contributed by atoms with E-state index in [1.165, 1.54) is 24.8 Å². The van der Waals surface area contributed by atoms with Gasteiger partial charge in [0.15, 0.2) is 11.5 Å². The van der Waals surface area contributed by atoms with Gasteiger partial charge in [0, 0.05) is 6.54 Å². The van der Waals surface area contributed by atoms with Crippen molar-refractivity contribution < 1.29 is 9.47 Å². The summed E-state index contributed by atoms with van der Waals surface area (Å²) in [7, 11) is 0. The number of terminal acetylenes is 1. The molecule has 1 aromatic rings. The van der Waals surface area contributed by atoms with Crippen LogP contribution in [0.15, 0.2) is 18.2 Å². The van der Waals surface area contributed by atoms with Crippen LogP contribution in [0.1, 0.15) is 38.7 Å². The topological polar surface area (TPSA) is 30.5 Å². The van der Waals surface area contributed by atoms with Gasteiger partial charge in [0.2, 0.25) is 0 Å². The van der Waals surface area contributed by atoms with Crippen molar-refractivity contribution >= 4 is 0 Å². The van der Waals surface area contributed by atoms with Crippen LogP contribution in [0.3, 0.4) is 0 Å². The van der Waals surface area contributed by atoms with Crippen molar-refractivity contribution in [1.82, 2.24) is 5.32 Å². The molecule has 0 unspecified atom stereocenters. The molecule has 0 spiro atoms. The molecule has 0 atom stereocenters. The van der Waals surface area contributed by atoms with Gasteiger partial charge < -0.3 is 14.8 Å². The van der Waals surface area contributed by atoms with Gasteiger partial charge in [0.25, 0.3) is 0 Å². The summed E-state index contributed by atoms with van der Waals surface area (Å²) in [6.07, 6.45) is 8.95. The summed E-state index contributed by atoms with van der Waals surface area (Å²) in [5.41, 5.74) is 1.19. The normalized spacial score (nSPS) is 10.1. The fourth-order valence-electron chi connectivity index (χ4n) is 1.90. The fraction of sp³-hybridized carbons (Fsp3) is 0.529. The first kappa shape index (κ1) is 16.4. The van der Waals surface area contributed by atoms with Gasteiger partial charge in [-0.15, -0.1) is 6.42 Å². The molecule has 0 heterocycles. The summed E-state index contributed by atoms with van der Waals surface area (Å²) in [5.74, 6) is 3.93. The molecule has 0 aromatic heterocycles. The Morgan fingerprint density at radius 3 is 2.70 bits per heavy atom. The van der Waals surface area contributed by atoms with Gasteiger partial charge in [0.1, 0.15) is 6.61 Å². The van der Waals surface area contributed by atoms with E-state index >= 15 is 0 Å². The molecule has 110 valence electrons. The predicted molar refractivity (Wildman–Crippen MR) is 83.2 cm³/mol. The standard InChI is InChI=1S/C17H25NO2/c1-4-7-8-11-18-14-15-9-10-16(20-12-5-2)17(13-15)19-6-3/h2,9-10,13,18H,4,6-8,11-12,14H2,1,3H3. The molecule has 3 heteroatoms. The van der Waals surface area contributed by atoms with E-state index in [9.17, 15) is 0 Å². The molecular formula is C17H25NO2. The first-order chi connectivity index (χ1) is 9.81. The van der Waals surface area contributed by atoms with Crippen LogP contribution in [0.5, 0.6) is 11.5 Å². The number of hydrogen-bond acceptors (Lipinski definition) is 3. The molecule has 0 radical (unpaired) electrons. The highest BCUT2D eigenvalue weighted by Gasteiger charge is 2.06. The second-order valence-corrected chi connectivity index (χ2v) is 4.59. The molecule has 0 aliphatic rings. The fourth-order valence-corrected chi connectivity index (χ4v) is 1.90. The van der Waals surface area contributed by atoms with E-state index in [-0.39, 0.29) is 6.61 Å². The van der Waals surface area contributed by atoms with Gasteiger partial charge in [-0.3, -0.25) is 0 Å². The monoisotopic (exact) mass is 275 g/mol. The number of unbranched alkanes of at least 4 members (excludes halogenated alkanes) is 2. The zero-order valence-corrected chi connectivity index (χ0v) is 12.6. The minimum absolute atomic E-state index is 0.259. The second-order valence-electron chi connectivity index (χ2n) is 4.59. The highest BCUT2D eigenvalue weighted by molar-refractivity contribution is 5.43. The molecule has 0 bridgehead atoms. The molecule has 1 N–H and O–H groups in total. The Morgan fingerprint density at radius 1 is 1.15 bits per heavy atom. The van der Waals surface area contributed by atoms with E-state index in [0.717, 1.165) is 18.8 Å². The molecule has 20 heavy (non-hydrogen) atoms. The minimum atomic E-state index is 0.259. The Morgan fingerprint density at radius 2 is 2.00 bits per heavy atom. The molecule has 0 aliphatic carbocycles. The van der Waals surface area contributed by atoms with E-state index in [2.05, 4.69) is 18.2 Å². The molecule has 0 fully saturated rings. The smallest absolute Gasteiger partial charge is 0.162 e. The zero-order chi connectivity index (χ0) is 14.6. The Hall–Kier alpha value is -1.66. The second kappa shape index (κ2) is 10.2. The Bertz CT molecular complexity index is 423. The van der Waals surface area contributed by atoms with Gasteiger partial charge in [-0.1, -0.05) is 31.8 Å². The van der Waals surface area contributed by atoms with Crippen LogP contribution in [-0.2, 0) is 6.54 Å². The van der Waals surface area contributed by atoms with Crippen molar-refractivity contribution in [3.8, 4) is 23.8 Å². The predicted octanol–water partition coefficient (Wildman–Crippen LogP) is 3.38. The van der Waals surface area contributed by atoms with Crippen LogP contribution in [0.4, 0.5) is 0 Å². The lowest BCUT2D eigenvalue weighted by molar-refractivity contribution is 0.299. The summed E-state index contributed by atoms with van der Waals surface area (Å²) in [5, 5.41) is 3.44.